The lowest BCUT2D eigenvalue weighted by atomic mass is 10.3. The molecule has 24 heavy (non-hydrogen) atoms. The summed E-state index contributed by atoms with van der Waals surface area (Å²) >= 11 is 2.47. The van der Waals surface area contributed by atoms with Gasteiger partial charge in [-0.3, -0.25) is 0 Å². The van der Waals surface area contributed by atoms with E-state index in [1.807, 2.05) is 31.2 Å². The van der Waals surface area contributed by atoms with Crippen LogP contribution in [0.1, 0.15) is 12.6 Å². The van der Waals surface area contributed by atoms with Gasteiger partial charge in [-0.05, 0) is 42.4 Å². The number of aromatic nitrogens is 4. The number of nitrogens with one attached hydrogen (secondary N) is 1. The predicted octanol–water partition coefficient (Wildman–Crippen LogP) is 3.93. The van der Waals surface area contributed by atoms with Gasteiger partial charge in [0, 0.05) is 5.69 Å². The molecule has 3 rings (SSSR count). The first kappa shape index (κ1) is 16.6. The molecule has 6 nitrogen and oxygen atoms in total. The van der Waals surface area contributed by atoms with Crippen molar-refractivity contribution >= 4 is 33.9 Å². The number of rotatable bonds is 6. The van der Waals surface area contributed by atoms with Crippen molar-refractivity contribution in [2.24, 2.45) is 0 Å². The molecule has 0 radical (unpaired) electrons. The number of hydrogen-bond acceptors (Lipinski definition) is 8. The van der Waals surface area contributed by atoms with E-state index in [0.29, 0.717) is 21.6 Å². The summed E-state index contributed by atoms with van der Waals surface area (Å²) in [6.07, 6.45) is 1.88. The Morgan fingerprint density at radius 3 is 2.71 bits per heavy atom. The second-order valence-corrected chi connectivity index (χ2v) is 6.84. The summed E-state index contributed by atoms with van der Waals surface area (Å²) in [6, 6.07) is 7.46. The molecule has 0 amide bonds. The molecule has 0 unspecified atom stereocenters. The van der Waals surface area contributed by atoms with Gasteiger partial charge in [0.2, 0.25) is 5.13 Å². The van der Waals surface area contributed by atoms with Gasteiger partial charge in [-0.15, -0.1) is 10.2 Å². The minimum Gasteiger partial charge on any atom is -0.497 e. The Morgan fingerprint density at radius 2 is 2.00 bits per heavy atom. The fourth-order valence-electron chi connectivity index (χ4n) is 1.89. The Morgan fingerprint density at radius 1 is 1.21 bits per heavy atom. The number of hydrogen-bond donors (Lipinski definition) is 1. The number of halogens is 1. The largest absolute Gasteiger partial charge is 0.497 e. The summed E-state index contributed by atoms with van der Waals surface area (Å²) in [4.78, 5) is 7.90. The van der Waals surface area contributed by atoms with Gasteiger partial charge < -0.3 is 10.1 Å². The van der Waals surface area contributed by atoms with Crippen molar-refractivity contribution in [3.05, 3.63) is 42.1 Å². The van der Waals surface area contributed by atoms with Crippen LogP contribution in [0, 0.1) is 5.82 Å². The molecule has 0 aliphatic rings. The number of nitrogens with zero attached hydrogens (tertiary/aromatic N) is 4. The normalized spacial score (nSPS) is 10.6. The Hall–Kier alpha value is -2.26. The predicted molar refractivity (Wildman–Crippen MR) is 91.7 cm³/mol. The Labute approximate surface area is 146 Å². The molecule has 1 aromatic carbocycles. The van der Waals surface area contributed by atoms with Crippen molar-refractivity contribution in [3.8, 4) is 5.75 Å². The summed E-state index contributed by atoms with van der Waals surface area (Å²) < 4.78 is 19.9. The molecule has 0 aliphatic heterocycles. The molecular weight excluding hydrogens is 349 g/mol. The monoisotopic (exact) mass is 363 g/mol. The van der Waals surface area contributed by atoms with Crippen LogP contribution in [0.5, 0.6) is 5.75 Å². The van der Waals surface area contributed by atoms with Crippen LogP contribution in [0.3, 0.4) is 0 Å². The van der Waals surface area contributed by atoms with Crippen molar-refractivity contribution in [2.45, 2.75) is 22.7 Å². The summed E-state index contributed by atoms with van der Waals surface area (Å²) in [5, 5.41) is 12.1. The molecule has 9 heteroatoms. The smallest absolute Gasteiger partial charge is 0.210 e. The molecule has 0 atom stereocenters. The van der Waals surface area contributed by atoms with E-state index in [2.05, 4.69) is 25.5 Å². The van der Waals surface area contributed by atoms with Crippen LogP contribution >= 0.6 is 23.1 Å². The topological polar surface area (TPSA) is 72.8 Å². The van der Waals surface area contributed by atoms with Crippen molar-refractivity contribution < 1.29 is 9.13 Å². The minimum atomic E-state index is -0.398. The zero-order chi connectivity index (χ0) is 16.9. The molecule has 0 saturated carbocycles. The summed E-state index contributed by atoms with van der Waals surface area (Å²) in [5.41, 5.74) is 1.26. The molecule has 2 aromatic heterocycles. The second-order valence-electron chi connectivity index (χ2n) is 4.62. The zero-order valence-corrected chi connectivity index (χ0v) is 14.6. The van der Waals surface area contributed by atoms with E-state index in [4.69, 9.17) is 4.74 Å². The molecule has 0 spiro atoms. The first-order chi connectivity index (χ1) is 11.7. The van der Waals surface area contributed by atoms with E-state index in [1.165, 1.54) is 17.7 Å². The minimum absolute atomic E-state index is 0.258. The lowest BCUT2D eigenvalue weighted by molar-refractivity contribution is 0.415. The number of aryl methyl sites for hydroxylation is 1. The van der Waals surface area contributed by atoms with Crippen molar-refractivity contribution in [3.63, 3.8) is 0 Å². The van der Waals surface area contributed by atoms with Crippen LogP contribution in [-0.4, -0.2) is 27.3 Å². The van der Waals surface area contributed by atoms with Gasteiger partial charge in [0.1, 0.15) is 17.1 Å². The molecule has 1 N–H and O–H groups in total. The van der Waals surface area contributed by atoms with Crippen molar-refractivity contribution in [1.29, 1.82) is 0 Å². The van der Waals surface area contributed by atoms with Crippen LogP contribution in [0.2, 0.25) is 0 Å². The molecule has 0 fully saturated rings. The number of anilines is 2. The quantitative estimate of drug-likeness (QED) is 0.665. The maximum Gasteiger partial charge on any atom is 0.210 e. The van der Waals surface area contributed by atoms with Gasteiger partial charge in [-0.2, -0.15) is 0 Å². The van der Waals surface area contributed by atoms with Crippen LogP contribution in [0.25, 0.3) is 0 Å². The molecule has 0 aliphatic carbocycles. The Bertz CT molecular complexity index is 825. The third kappa shape index (κ3) is 3.80. The van der Waals surface area contributed by atoms with Gasteiger partial charge >= 0.3 is 0 Å². The molecule has 0 bridgehead atoms. The maximum absolute atomic E-state index is 14.2. The SMILES string of the molecule is CCc1ncnc(Sc2nnc(Nc3ccc(OC)cc3)s2)c1F. The Balaban J connectivity index is 1.71. The van der Waals surface area contributed by atoms with Gasteiger partial charge in [0.25, 0.3) is 0 Å². The van der Waals surface area contributed by atoms with Gasteiger partial charge in [-0.25, -0.2) is 14.4 Å². The van der Waals surface area contributed by atoms with Crippen LogP contribution in [0.15, 0.2) is 40.0 Å². The van der Waals surface area contributed by atoms with E-state index in [0.717, 1.165) is 23.2 Å². The molecule has 124 valence electrons. The summed E-state index contributed by atoms with van der Waals surface area (Å²) in [6.45, 7) is 1.85. The van der Waals surface area contributed by atoms with Crippen LogP contribution in [0.4, 0.5) is 15.2 Å². The van der Waals surface area contributed by atoms with Crippen LogP contribution < -0.4 is 10.1 Å². The van der Waals surface area contributed by atoms with E-state index >= 15 is 0 Å². The average Bonchev–Trinajstić information content (AvgIpc) is 3.04. The fourth-order valence-corrected chi connectivity index (χ4v) is 3.58. The molecular formula is C15H14FN5OS2. The molecule has 3 aromatic rings. The molecule has 0 saturated heterocycles. The summed E-state index contributed by atoms with van der Waals surface area (Å²) in [5.74, 6) is 0.380. The highest BCUT2D eigenvalue weighted by Crippen LogP contribution is 2.33. The third-order valence-corrected chi connectivity index (χ3v) is 4.96. The van der Waals surface area contributed by atoms with E-state index in [-0.39, 0.29) is 5.03 Å². The van der Waals surface area contributed by atoms with Gasteiger partial charge in [0.15, 0.2) is 10.2 Å². The first-order valence-electron chi connectivity index (χ1n) is 7.11. The number of methoxy groups -OCH3 is 1. The van der Waals surface area contributed by atoms with Crippen LogP contribution in [-0.2, 0) is 6.42 Å². The maximum atomic E-state index is 14.2. The average molecular weight is 363 g/mol. The second kappa shape index (κ2) is 7.54. The van der Waals surface area contributed by atoms with Crippen molar-refractivity contribution in [2.75, 3.05) is 12.4 Å². The van der Waals surface area contributed by atoms with E-state index in [9.17, 15) is 4.39 Å². The number of ether oxygens (including phenoxy) is 1. The number of benzene rings is 1. The van der Waals surface area contributed by atoms with Gasteiger partial charge in [0.05, 0.1) is 12.8 Å². The standard InChI is InChI=1S/C15H14FN5OS2/c1-3-11-12(16)13(18-8-17-11)23-15-21-20-14(24-15)19-9-4-6-10(22-2)7-5-9/h4-8H,3H2,1-2H3,(H,19,20). The highest BCUT2D eigenvalue weighted by molar-refractivity contribution is 8.01. The van der Waals surface area contributed by atoms with Crippen molar-refractivity contribution in [1.82, 2.24) is 20.2 Å². The summed E-state index contributed by atoms with van der Waals surface area (Å²) in [7, 11) is 1.62. The van der Waals surface area contributed by atoms with E-state index in [1.54, 1.807) is 7.11 Å². The highest BCUT2D eigenvalue weighted by atomic mass is 32.2. The lowest BCUT2D eigenvalue weighted by Gasteiger charge is -2.03. The van der Waals surface area contributed by atoms with E-state index < -0.39 is 5.82 Å². The highest BCUT2D eigenvalue weighted by Gasteiger charge is 2.14. The lowest BCUT2D eigenvalue weighted by Crippen LogP contribution is -1.97. The fraction of sp³-hybridized carbons (Fsp3) is 0.200. The zero-order valence-electron chi connectivity index (χ0n) is 13.0. The first-order valence-corrected chi connectivity index (χ1v) is 8.74. The third-order valence-electron chi connectivity index (χ3n) is 3.10. The Kier molecular flexibility index (Phi) is 5.21. The van der Waals surface area contributed by atoms with Gasteiger partial charge in [-0.1, -0.05) is 18.3 Å². The molecule has 2 heterocycles.